The summed E-state index contributed by atoms with van der Waals surface area (Å²) in [7, 11) is 0. The predicted octanol–water partition coefficient (Wildman–Crippen LogP) is 9.74. The van der Waals surface area contributed by atoms with Crippen LogP contribution in [0.2, 0.25) is 0 Å². The highest BCUT2D eigenvalue weighted by Crippen LogP contribution is 2.58. The molecule has 1 heteroatoms. The highest BCUT2D eigenvalue weighted by Gasteiger charge is 2.48. The Balaban J connectivity index is 1.35. The maximum absolute atomic E-state index is 9.15. The van der Waals surface area contributed by atoms with E-state index in [9.17, 15) is 0 Å². The molecule has 0 aromatic heterocycles. The summed E-state index contributed by atoms with van der Waals surface area (Å²) in [4.78, 5) is 0. The lowest BCUT2D eigenvalue weighted by Gasteiger charge is -2.35. The minimum Gasteiger partial charge on any atom is -0.192 e. The van der Waals surface area contributed by atoms with Crippen molar-refractivity contribution >= 4 is 12.2 Å². The van der Waals surface area contributed by atoms with Crippen molar-refractivity contribution in [2.75, 3.05) is 0 Å². The van der Waals surface area contributed by atoms with E-state index in [1.165, 1.54) is 55.6 Å². The fraction of sp³-hybridized carbons (Fsp3) is 0.0250. The smallest absolute Gasteiger partial charge is 0.0991 e. The molecule has 0 atom stereocenters. The Morgan fingerprint density at radius 1 is 0.415 bits per heavy atom. The minimum absolute atomic E-state index is 0.416. The van der Waals surface area contributed by atoms with Crippen molar-refractivity contribution in [1.82, 2.24) is 0 Å². The van der Waals surface area contributed by atoms with Crippen LogP contribution in [0.3, 0.4) is 0 Å². The average molecular weight is 520 g/mol. The van der Waals surface area contributed by atoms with Crippen molar-refractivity contribution < 1.29 is 0 Å². The summed E-state index contributed by atoms with van der Waals surface area (Å²) in [6, 6.07) is 52.4. The molecule has 2 aliphatic rings. The van der Waals surface area contributed by atoms with E-state index in [1.54, 1.807) is 0 Å². The molecule has 0 saturated heterocycles. The van der Waals surface area contributed by atoms with Gasteiger partial charge in [0.15, 0.2) is 0 Å². The second-order valence-corrected chi connectivity index (χ2v) is 10.8. The number of nitrogens with zero attached hydrogens (tertiary/aromatic N) is 1. The number of benzene rings is 6. The summed E-state index contributed by atoms with van der Waals surface area (Å²) >= 11 is 0. The molecule has 0 amide bonds. The first-order valence-electron chi connectivity index (χ1n) is 14.0. The quantitative estimate of drug-likeness (QED) is 0.223. The van der Waals surface area contributed by atoms with Gasteiger partial charge in [0.2, 0.25) is 0 Å². The molecule has 1 spiro atoms. The van der Waals surface area contributed by atoms with Crippen LogP contribution in [0.5, 0.6) is 0 Å². The van der Waals surface area contributed by atoms with Gasteiger partial charge in [-0.1, -0.05) is 133 Å². The number of fused-ring (bicyclic) bond motifs is 9. The Kier molecular flexibility index (Phi) is 5.17. The van der Waals surface area contributed by atoms with Crippen LogP contribution in [0.15, 0.2) is 140 Å². The van der Waals surface area contributed by atoms with Crippen LogP contribution in [-0.2, 0) is 5.41 Å². The lowest BCUT2D eigenvalue weighted by molar-refractivity contribution is 0.766. The lowest BCUT2D eigenvalue weighted by atomic mass is 9.65. The van der Waals surface area contributed by atoms with Gasteiger partial charge in [-0.2, -0.15) is 5.26 Å². The van der Waals surface area contributed by atoms with Crippen molar-refractivity contribution in [1.29, 1.82) is 5.26 Å². The van der Waals surface area contributed by atoms with Crippen molar-refractivity contribution in [3.63, 3.8) is 0 Å². The fourth-order valence-electron chi connectivity index (χ4n) is 6.92. The molecule has 0 N–H and O–H groups in total. The van der Waals surface area contributed by atoms with Gasteiger partial charge in [0, 0.05) is 0 Å². The van der Waals surface area contributed by atoms with Crippen molar-refractivity contribution in [2.45, 2.75) is 5.41 Å². The molecule has 0 radical (unpaired) electrons. The number of hydrogen-bond acceptors (Lipinski definition) is 1. The van der Waals surface area contributed by atoms with Gasteiger partial charge in [-0.3, -0.25) is 0 Å². The summed E-state index contributed by atoms with van der Waals surface area (Å²) in [6.45, 7) is 0. The van der Waals surface area contributed by atoms with E-state index in [0.717, 1.165) is 11.1 Å². The maximum atomic E-state index is 9.15. The summed E-state index contributed by atoms with van der Waals surface area (Å²) < 4.78 is 0. The average Bonchev–Trinajstić information content (AvgIpc) is 3.26. The van der Waals surface area contributed by atoms with E-state index in [1.807, 2.05) is 24.3 Å². The van der Waals surface area contributed by atoms with Crippen LogP contribution in [-0.4, -0.2) is 0 Å². The zero-order valence-electron chi connectivity index (χ0n) is 22.4. The van der Waals surface area contributed by atoms with E-state index in [4.69, 9.17) is 5.26 Å². The first kappa shape index (κ1) is 23.4. The fourth-order valence-corrected chi connectivity index (χ4v) is 6.92. The van der Waals surface area contributed by atoms with E-state index < -0.39 is 5.41 Å². The summed E-state index contributed by atoms with van der Waals surface area (Å²) in [5.41, 5.74) is 15.3. The molecule has 190 valence electrons. The number of hydrogen-bond donors (Lipinski definition) is 0. The monoisotopic (exact) mass is 519 g/mol. The van der Waals surface area contributed by atoms with E-state index in [0.29, 0.717) is 5.56 Å². The first-order chi connectivity index (χ1) is 20.3. The molecule has 0 unspecified atom stereocenters. The molecule has 0 saturated carbocycles. The number of rotatable bonds is 2. The predicted molar refractivity (Wildman–Crippen MR) is 168 cm³/mol. The Bertz CT molecular complexity index is 1990. The molecule has 41 heavy (non-hydrogen) atoms. The second-order valence-electron chi connectivity index (χ2n) is 10.8. The Hall–Kier alpha value is -5.45. The molecule has 1 nitrogen and oxygen atoms in total. The van der Waals surface area contributed by atoms with Gasteiger partial charge in [0.25, 0.3) is 0 Å². The summed E-state index contributed by atoms with van der Waals surface area (Å²) in [6.07, 6.45) is 4.56. The molecule has 2 aliphatic carbocycles. The molecule has 8 rings (SSSR count). The molecule has 0 fully saturated rings. The molecular weight excluding hydrogens is 494 g/mol. The Morgan fingerprint density at radius 2 is 0.878 bits per heavy atom. The van der Waals surface area contributed by atoms with Crippen molar-refractivity contribution in [3.05, 3.63) is 178 Å². The zero-order chi connectivity index (χ0) is 27.4. The molecule has 0 aliphatic heterocycles. The van der Waals surface area contributed by atoms with Crippen molar-refractivity contribution in [2.24, 2.45) is 0 Å². The van der Waals surface area contributed by atoms with Crippen LogP contribution in [0.25, 0.3) is 45.5 Å². The van der Waals surface area contributed by atoms with Crippen LogP contribution in [0.1, 0.15) is 38.9 Å². The van der Waals surface area contributed by atoms with E-state index in [2.05, 4.69) is 133 Å². The maximum Gasteiger partial charge on any atom is 0.0991 e. The van der Waals surface area contributed by atoms with Gasteiger partial charge < -0.3 is 0 Å². The topological polar surface area (TPSA) is 23.8 Å². The van der Waals surface area contributed by atoms with Gasteiger partial charge in [0.1, 0.15) is 0 Å². The minimum atomic E-state index is -0.416. The van der Waals surface area contributed by atoms with Gasteiger partial charge >= 0.3 is 0 Å². The highest BCUT2D eigenvalue weighted by molar-refractivity contribution is 5.92. The molecule has 0 bridgehead atoms. The molecular formula is C40H25N. The SMILES string of the molecule is N#Cc1ccc(-c2ccc(-c3ccc4c(c3)C3(c5ccccc5C=C4)c4ccccc4-c4ccccc43)cc2)cc1. The Morgan fingerprint density at radius 3 is 1.49 bits per heavy atom. The van der Waals surface area contributed by atoms with Crippen LogP contribution in [0.4, 0.5) is 0 Å². The molecule has 6 aromatic carbocycles. The first-order valence-corrected chi connectivity index (χ1v) is 14.0. The van der Waals surface area contributed by atoms with Crippen molar-refractivity contribution in [3.8, 4) is 39.4 Å². The Labute approximate surface area is 240 Å². The van der Waals surface area contributed by atoms with E-state index >= 15 is 0 Å². The van der Waals surface area contributed by atoms with Crippen LogP contribution in [0, 0.1) is 11.3 Å². The third-order valence-corrected chi connectivity index (χ3v) is 8.78. The van der Waals surface area contributed by atoms with Gasteiger partial charge in [-0.15, -0.1) is 0 Å². The van der Waals surface area contributed by atoms with Gasteiger partial charge in [-0.25, -0.2) is 0 Å². The van der Waals surface area contributed by atoms with Crippen LogP contribution < -0.4 is 0 Å². The summed E-state index contributed by atoms with van der Waals surface area (Å²) in [5.74, 6) is 0. The lowest BCUT2D eigenvalue weighted by Crippen LogP contribution is -2.30. The van der Waals surface area contributed by atoms with Gasteiger partial charge in [0.05, 0.1) is 17.0 Å². The summed E-state index contributed by atoms with van der Waals surface area (Å²) in [5, 5.41) is 9.15. The normalized spacial score (nSPS) is 13.4. The zero-order valence-corrected chi connectivity index (χ0v) is 22.4. The standard InChI is InChI=1S/C40H25N/c41-26-27-13-15-28(16-14-27)29-17-19-30(20-18-29)33-24-23-32-22-21-31-7-1-4-10-36(31)40(39(32)25-33)37-11-5-2-8-34(37)35-9-3-6-12-38(35)40/h1-25H. The molecule has 0 heterocycles. The van der Waals surface area contributed by atoms with Crippen LogP contribution >= 0.6 is 0 Å². The largest absolute Gasteiger partial charge is 0.192 e. The third-order valence-electron chi connectivity index (χ3n) is 8.78. The number of nitriles is 1. The third kappa shape index (κ3) is 3.41. The van der Waals surface area contributed by atoms with Gasteiger partial charge in [-0.05, 0) is 85.0 Å². The molecule has 6 aromatic rings. The highest BCUT2D eigenvalue weighted by atomic mass is 14.5. The second kappa shape index (κ2) is 9.05. The van der Waals surface area contributed by atoms with E-state index in [-0.39, 0.29) is 0 Å².